The van der Waals surface area contributed by atoms with E-state index in [-0.39, 0.29) is 11.8 Å². The predicted octanol–water partition coefficient (Wildman–Crippen LogP) is 3.35. The third-order valence-electron chi connectivity index (χ3n) is 5.45. The number of rotatable bonds is 5. The summed E-state index contributed by atoms with van der Waals surface area (Å²) < 4.78 is 20.2. The smallest absolute Gasteiger partial charge is 0.323 e. The van der Waals surface area contributed by atoms with E-state index in [9.17, 15) is 9.18 Å². The molecule has 27 heavy (non-hydrogen) atoms. The lowest BCUT2D eigenvalue weighted by Gasteiger charge is -2.41. The molecule has 1 N–H and O–H groups in total. The van der Waals surface area contributed by atoms with Gasteiger partial charge in [0.15, 0.2) is 0 Å². The Labute approximate surface area is 158 Å². The van der Waals surface area contributed by atoms with Crippen LogP contribution < -0.4 is 5.32 Å². The molecule has 2 aromatic rings. The average molecular weight is 372 g/mol. The van der Waals surface area contributed by atoms with E-state index in [0.717, 1.165) is 50.6 Å². The quantitative estimate of drug-likeness (QED) is 0.876. The number of ether oxygens (including phenoxy) is 1. The number of halogens is 1. The van der Waals surface area contributed by atoms with Gasteiger partial charge in [-0.15, -0.1) is 0 Å². The second-order valence-electron chi connectivity index (χ2n) is 7.49. The Morgan fingerprint density at radius 3 is 2.63 bits per heavy atom. The van der Waals surface area contributed by atoms with Crippen LogP contribution >= 0.6 is 0 Å². The first-order valence-electron chi connectivity index (χ1n) is 9.57. The fourth-order valence-corrected chi connectivity index (χ4v) is 3.85. The Bertz CT molecular complexity index is 765. The standard InChI is InChI=1S/C20H25FN4O2/c21-18-3-1-16(2-4-18)14-25-19(5-8-22-25)23-20(26)24-12-17(13-24)11-15-6-9-27-10-7-15/h1-5,8,15,17H,6-7,9-14H2,(H,23,26). The van der Waals surface area contributed by atoms with Crippen molar-refractivity contribution in [3.05, 3.63) is 47.9 Å². The summed E-state index contributed by atoms with van der Waals surface area (Å²) in [6.45, 7) is 3.86. The van der Waals surface area contributed by atoms with E-state index in [1.54, 1.807) is 29.1 Å². The molecule has 144 valence electrons. The molecule has 1 aromatic carbocycles. The van der Waals surface area contributed by atoms with E-state index in [1.165, 1.54) is 18.6 Å². The lowest BCUT2D eigenvalue weighted by Crippen LogP contribution is -2.52. The summed E-state index contributed by atoms with van der Waals surface area (Å²) >= 11 is 0. The summed E-state index contributed by atoms with van der Waals surface area (Å²) in [6.07, 6.45) is 5.13. The lowest BCUT2D eigenvalue weighted by molar-refractivity contribution is 0.0427. The number of benzene rings is 1. The zero-order valence-corrected chi connectivity index (χ0v) is 15.3. The molecule has 2 aliphatic heterocycles. The molecule has 0 unspecified atom stereocenters. The molecule has 0 spiro atoms. The van der Waals surface area contributed by atoms with Gasteiger partial charge in [-0.25, -0.2) is 13.9 Å². The molecule has 2 aliphatic rings. The zero-order valence-electron chi connectivity index (χ0n) is 15.3. The molecule has 6 nitrogen and oxygen atoms in total. The first kappa shape index (κ1) is 18.0. The molecule has 3 heterocycles. The highest BCUT2D eigenvalue weighted by Crippen LogP contribution is 2.29. The van der Waals surface area contributed by atoms with Crippen molar-refractivity contribution in [1.29, 1.82) is 0 Å². The van der Waals surface area contributed by atoms with Crippen molar-refractivity contribution >= 4 is 11.8 Å². The molecule has 2 amide bonds. The molecule has 2 fully saturated rings. The van der Waals surface area contributed by atoms with E-state index in [4.69, 9.17) is 4.74 Å². The van der Waals surface area contributed by atoms with Gasteiger partial charge in [-0.2, -0.15) is 5.10 Å². The summed E-state index contributed by atoms with van der Waals surface area (Å²) in [5.74, 6) is 1.73. The minimum absolute atomic E-state index is 0.0842. The molecule has 0 saturated carbocycles. The maximum atomic E-state index is 13.0. The molecule has 0 aliphatic carbocycles. The van der Waals surface area contributed by atoms with E-state index in [0.29, 0.717) is 18.3 Å². The Hall–Kier alpha value is -2.41. The van der Waals surface area contributed by atoms with Crippen molar-refractivity contribution < 1.29 is 13.9 Å². The number of urea groups is 1. The van der Waals surface area contributed by atoms with Gasteiger partial charge in [0.25, 0.3) is 0 Å². The van der Waals surface area contributed by atoms with Crippen LogP contribution in [0, 0.1) is 17.7 Å². The van der Waals surface area contributed by atoms with Gasteiger partial charge in [0.05, 0.1) is 12.7 Å². The van der Waals surface area contributed by atoms with Gasteiger partial charge < -0.3 is 9.64 Å². The third-order valence-corrected chi connectivity index (χ3v) is 5.45. The Kier molecular flexibility index (Phi) is 5.38. The highest BCUT2D eigenvalue weighted by atomic mass is 19.1. The zero-order chi connectivity index (χ0) is 18.6. The number of carbonyl (C=O) groups is 1. The normalized spacial score (nSPS) is 18.3. The Morgan fingerprint density at radius 2 is 1.89 bits per heavy atom. The lowest BCUT2D eigenvalue weighted by atomic mass is 9.85. The number of anilines is 1. The predicted molar refractivity (Wildman–Crippen MR) is 100.0 cm³/mol. The van der Waals surface area contributed by atoms with Crippen molar-refractivity contribution in [2.75, 3.05) is 31.6 Å². The van der Waals surface area contributed by atoms with E-state index in [2.05, 4.69) is 10.4 Å². The number of hydrogen-bond acceptors (Lipinski definition) is 3. The van der Waals surface area contributed by atoms with Gasteiger partial charge in [0.2, 0.25) is 0 Å². The number of carbonyl (C=O) groups excluding carboxylic acids is 1. The minimum atomic E-state index is -0.263. The van der Waals surface area contributed by atoms with E-state index >= 15 is 0 Å². The summed E-state index contributed by atoms with van der Waals surface area (Å²) in [5, 5.41) is 7.20. The first-order chi connectivity index (χ1) is 13.2. The summed E-state index contributed by atoms with van der Waals surface area (Å²) in [6, 6.07) is 7.99. The van der Waals surface area contributed by atoms with Gasteiger partial charge in [-0.3, -0.25) is 5.32 Å². The molecule has 0 bridgehead atoms. The second kappa shape index (κ2) is 8.08. The van der Waals surface area contributed by atoms with Crippen molar-refractivity contribution in [3.63, 3.8) is 0 Å². The van der Waals surface area contributed by atoms with Crippen molar-refractivity contribution in [2.24, 2.45) is 11.8 Å². The second-order valence-corrected chi connectivity index (χ2v) is 7.49. The molecular weight excluding hydrogens is 347 g/mol. The van der Waals surface area contributed by atoms with Gasteiger partial charge in [0.1, 0.15) is 11.6 Å². The highest BCUT2D eigenvalue weighted by molar-refractivity contribution is 5.88. The molecule has 0 atom stereocenters. The molecule has 0 radical (unpaired) electrons. The van der Waals surface area contributed by atoms with Crippen molar-refractivity contribution in [3.8, 4) is 0 Å². The minimum Gasteiger partial charge on any atom is -0.381 e. The molecule has 4 rings (SSSR count). The van der Waals surface area contributed by atoms with Gasteiger partial charge in [0, 0.05) is 32.4 Å². The topological polar surface area (TPSA) is 59.4 Å². The molecule has 7 heteroatoms. The monoisotopic (exact) mass is 372 g/mol. The van der Waals surface area contributed by atoms with Crippen LogP contribution in [-0.4, -0.2) is 47.0 Å². The number of hydrogen-bond donors (Lipinski definition) is 1. The highest BCUT2D eigenvalue weighted by Gasteiger charge is 2.33. The van der Waals surface area contributed by atoms with Crippen LogP contribution in [-0.2, 0) is 11.3 Å². The number of amides is 2. The Morgan fingerprint density at radius 1 is 1.15 bits per heavy atom. The third kappa shape index (κ3) is 4.47. The van der Waals surface area contributed by atoms with Crippen molar-refractivity contribution in [1.82, 2.24) is 14.7 Å². The van der Waals surface area contributed by atoms with E-state index in [1.807, 2.05) is 4.90 Å². The fourth-order valence-electron chi connectivity index (χ4n) is 3.85. The number of likely N-dealkylation sites (tertiary alicyclic amines) is 1. The maximum Gasteiger partial charge on any atom is 0.323 e. The SMILES string of the molecule is O=C(Nc1ccnn1Cc1ccc(F)cc1)N1CC(CC2CCOCC2)C1. The van der Waals surface area contributed by atoms with Crippen LogP contribution in [0.2, 0.25) is 0 Å². The molecule has 1 aromatic heterocycles. The summed E-state index contributed by atoms with van der Waals surface area (Å²) in [4.78, 5) is 14.3. The van der Waals surface area contributed by atoms with Gasteiger partial charge in [-0.05, 0) is 48.8 Å². The largest absolute Gasteiger partial charge is 0.381 e. The van der Waals surface area contributed by atoms with Gasteiger partial charge >= 0.3 is 6.03 Å². The van der Waals surface area contributed by atoms with Crippen LogP contribution in [0.5, 0.6) is 0 Å². The van der Waals surface area contributed by atoms with Crippen LogP contribution in [0.1, 0.15) is 24.8 Å². The van der Waals surface area contributed by atoms with Crippen molar-refractivity contribution in [2.45, 2.75) is 25.8 Å². The fraction of sp³-hybridized carbons (Fsp3) is 0.500. The summed E-state index contributed by atoms with van der Waals surface area (Å²) in [5.41, 5.74) is 0.927. The van der Waals surface area contributed by atoms with Gasteiger partial charge in [-0.1, -0.05) is 12.1 Å². The van der Waals surface area contributed by atoms with Crippen LogP contribution in [0.15, 0.2) is 36.5 Å². The maximum absolute atomic E-state index is 13.0. The van der Waals surface area contributed by atoms with Crippen LogP contribution in [0.25, 0.3) is 0 Å². The molecular formula is C20H25FN4O2. The van der Waals surface area contributed by atoms with Crippen LogP contribution in [0.4, 0.5) is 15.0 Å². The molecule has 2 saturated heterocycles. The average Bonchev–Trinajstić information content (AvgIpc) is 3.07. The Balaban J connectivity index is 1.27. The van der Waals surface area contributed by atoms with E-state index < -0.39 is 0 Å². The number of nitrogens with one attached hydrogen (secondary N) is 1. The number of nitrogens with zero attached hydrogens (tertiary/aromatic N) is 3. The summed E-state index contributed by atoms with van der Waals surface area (Å²) in [7, 11) is 0. The number of aromatic nitrogens is 2. The van der Waals surface area contributed by atoms with Crippen LogP contribution in [0.3, 0.4) is 0 Å². The first-order valence-corrected chi connectivity index (χ1v) is 9.57.